The molecule has 198 valence electrons. The molecule has 0 heterocycles. The van der Waals surface area contributed by atoms with Crippen molar-refractivity contribution in [2.75, 3.05) is 30.3 Å². The van der Waals surface area contributed by atoms with Crippen LogP contribution in [0.25, 0.3) is 0 Å². The minimum Gasteiger partial charge on any atom is -0.494 e. The van der Waals surface area contributed by atoms with Crippen molar-refractivity contribution in [3.05, 3.63) is 59.7 Å². The van der Waals surface area contributed by atoms with Crippen molar-refractivity contribution in [2.24, 2.45) is 0 Å². The number of ether oxygens (including phenoxy) is 1. The Balaban J connectivity index is 2.18. The second-order valence-electron chi connectivity index (χ2n) is 8.69. The van der Waals surface area contributed by atoms with Crippen LogP contribution >= 0.6 is 0 Å². The third-order valence-electron chi connectivity index (χ3n) is 5.76. The van der Waals surface area contributed by atoms with Crippen molar-refractivity contribution in [3.63, 3.8) is 0 Å². The molecule has 8 nitrogen and oxygen atoms in total. The molecule has 0 spiro atoms. The highest BCUT2D eigenvalue weighted by Gasteiger charge is 2.28. The summed E-state index contributed by atoms with van der Waals surface area (Å²) in [7, 11) is -3.55. The van der Waals surface area contributed by atoms with Crippen molar-refractivity contribution < 1.29 is 22.7 Å². The zero-order valence-electron chi connectivity index (χ0n) is 22.0. The average molecular weight is 518 g/mol. The van der Waals surface area contributed by atoms with Crippen LogP contribution in [0.3, 0.4) is 0 Å². The normalized spacial score (nSPS) is 12.0. The maximum Gasteiger partial charge on any atom is 0.242 e. The number of nitrogens with zero attached hydrogens (tertiary/aromatic N) is 2. The Morgan fingerprint density at radius 1 is 1.06 bits per heavy atom. The standard InChI is InChI=1S/C27H39N3O5S/c1-6-25(27(32)28-7-2)29(20-22-12-9-11-21(4)19-22)26(31)13-10-18-30(36(5,33)34)23-14-16-24(17-15-23)35-8-3/h9,11-12,14-17,19,25H,6-8,10,13,18,20H2,1-5H3,(H,28,32)/t25-/m1/s1. The molecular formula is C27H39N3O5S. The maximum absolute atomic E-state index is 13.4. The van der Waals surface area contributed by atoms with Gasteiger partial charge in [0.25, 0.3) is 0 Å². The van der Waals surface area contributed by atoms with Gasteiger partial charge in [-0.15, -0.1) is 0 Å². The van der Waals surface area contributed by atoms with Gasteiger partial charge in [-0.3, -0.25) is 13.9 Å². The van der Waals surface area contributed by atoms with Gasteiger partial charge in [-0.25, -0.2) is 8.42 Å². The number of amides is 2. The van der Waals surface area contributed by atoms with E-state index in [1.807, 2.05) is 52.0 Å². The molecule has 0 aliphatic rings. The third kappa shape index (κ3) is 8.55. The second-order valence-corrected chi connectivity index (χ2v) is 10.6. The van der Waals surface area contributed by atoms with Crippen molar-refractivity contribution in [1.29, 1.82) is 0 Å². The smallest absolute Gasteiger partial charge is 0.242 e. The molecule has 0 bridgehead atoms. The molecule has 0 fully saturated rings. The molecule has 0 saturated carbocycles. The first-order valence-corrected chi connectivity index (χ1v) is 14.3. The molecular weight excluding hydrogens is 478 g/mol. The number of rotatable bonds is 14. The number of likely N-dealkylation sites (N-methyl/N-ethyl adjacent to an activating group) is 1. The summed E-state index contributed by atoms with van der Waals surface area (Å²) in [5.74, 6) is 0.288. The van der Waals surface area contributed by atoms with Gasteiger partial charge in [-0.05, 0) is 63.4 Å². The van der Waals surface area contributed by atoms with Crippen molar-refractivity contribution in [1.82, 2.24) is 10.2 Å². The fourth-order valence-electron chi connectivity index (χ4n) is 4.10. The minimum atomic E-state index is -3.55. The molecule has 0 aliphatic carbocycles. The Kier molecular flexibility index (Phi) is 11.2. The SMILES string of the molecule is CCNC(=O)[C@@H](CC)N(Cc1cccc(C)c1)C(=O)CCCN(c1ccc(OCC)cc1)S(C)(=O)=O. The molecule has 0 aromatic heterocycles. The van der Waals surface area contributed by atoms with Crippen molar-refractivity contribution in [3.8, 4) is 5.75 Å². The Morgan fingerprint density at radius 2 is 1.75 bits per heavy atom. The molecule has 1 atom stereocenters. The van der Waals surface area contributed by atoms with E-state index in [-0.39, 0.29) is 24.8 Å². The number of carbonyl (C=O) groups is 2. The first-order chi connectivity index (χ1) is 17.1. The van der Waals surface area contributed by atoms with Crippen LogP contribution in [-0.2, 0) is 26.2 Å². The number of hydrogen-bond acceptors (Lipinski definition) is 5. The van der Waals surface area contributed by atoms with Gasteiger partial charge in [0.05, 0.1) is 18.6 Å². The number of aryl methyl sites for hydroxylation is 1. The average Bonchev–Trinajstić information content (AvgIpc) is 2.82. The Labute approximate surface area is 215 Å². The molecule has 0 aliphatic heterocycles. The highest BCUT2D eigenvalue weighted by atomic mass is 32.2. The third-order valence-corrected chi connectivity index (χ3v) is 6.95. The van der Waals surface area contributed by atoms with Gasteiger partial charge < -0.3 is 15.0 Å². The van der Waals surface area contributed by atoms with Crippen LogP contribution in [0.2, 0.25) is 0 Å². The summed E-state index contributed by atoms with van der Waals surface area (Å²) < 4.78 is 31.7. The number of carbonyl (C=O) groups excluding carboxylic acids is 2. The molecule has 1 N–H and O–H groups in total. The number of nitrogens with one attached hydrogen (secondary N) is 1. The Bertz CT molecular complexity index is 1100. The van der Waals surface area contributed by atoms with E-state index in [1.54, 1.807) is 29.2 Å². The summed E-state index contributed by atoms with van der Waals surface area (Å²) in [5.41, 5.74) is 2.53. The van der Waals surface area contributed by atoms with Gasteiger partial charge in [0, 0.05) is 26.1 Å². The van der Waals surface area contributed by atoms with Gasteiger partial charge in [0.1, 0.15) is 11.8 Å². The van der Waals surface area contributed by atoms with Gasteiger partial charge in [0.2, 0.25) is 21.8 Å². The van der Waals surface area contributed by atoms with Crippen molar-refractivity contribution in [2.45, 2.75) is 59.5 Å². The number of hydrogen-bond donors (Lipinski definition) is 1. The van der Waals surface area contributed by atoms with Crippen LogP contribution in [-0.4, -0.2) is 57.1 Å². The highest BCUT2D eigenvalue weighted by Crippen LogP contribution is 2.23. The van der Waals surface area contributed by atoms with Gasteiger partial charge in [-0.2, -0.15) is 0 Å². The molecule has 0 radical (unpaired) electrons. The van der Waals surface area contributed by atoms with Crippen molar-refractivity contribution >= 4 is 27.5 Å². The highest BCUT2D eigenvalue weighted by molar-refractivity contribution is 7.92. The fraction of sp³-hybridized carbons (Fsp3) is 0.481. The monoisotopic (exact) mass is 517 g/mol. The molecule has 9 heteroatoms. The lowest BCUT2D eigenvalue weighted by atomic mass is 10.1. The second kappa shape index (κ2) is 13.9. The largest absolute Gasteiger partial charge is 0.494 e. The molecule has 36 heavy (non-hydrogen) atoms. The zero-order valence-corrected chi connectivity index (χ0v) is 22.8. The van der Waals surface area contributed by atoms with Gasteiger partial charge in [0.15, 0.2) is 0 Å². The van der Waals surface area contributed by atoms with Crippen LogP contribution in [0.4, 0.5) is 5.69 Å². The van der Waals surface area contributed by atoms with E-state index in [1.165, 1.54) is 4.31 Å². The number of benzene rings is 2. The van der Waals surface area contributed by atoms with Crippen LogP contribution < -0.4 is 14.4 Å². The molecule has 0 saturated heterocycles. The van der Waals surface area contributed by atoms with E-state index in [9.17, 15) is 18.0 Å². The lowest BCUT2D eigenvalue weighted by Gasteiger charge is -2.31. The zero-order chi connectivity index (χ0) is 26.7. The molecule has 2 aromatic carbocycles. The maximum atomic E-state index is 13.4. The predicted octanol–water partition coefficient (Wildman–Crippen LogP) is 3.88. The van der Waals surface area contributed by atoms with Gasteiger partial charge >= 0.3 is 0 Å². The van der Waals surface area contributed by atoms with Crippen LogP contribution in [0.1, 0.15) is 51.2 Å². The summed E-state index contributed by atoms with van der Waals surface area (Å²) in [4.78, 5) is 27.7. The minimum absolute atomic E-state index is 0.116. The molecule has 2 rings (SSSR count). The lowest BCUT2D eigenvalue weighted by molar-refractivity contribution is -0.141. The van der Waals surface area contributed by atoms with E-state index in [0.29, 0.717) is 44.0 Å². The summed E-state index contributed by atoms with van der Waals surface area (Å²) in [5, 5.41) is 2.83. The Morgan fingerprint density at radius 3 is 2.31 bits per heavy atom. The lowest BCUT2D eigenvalue weighted by Crippen LogP contribution is -2.49. The van der Waals surface area contributed by atoms with Crippen LogP contribution in [0, 0.1) is 6.92 Å². The number of anilines is 1. The molecule has 0 unspecified atom stereocenters. The van der Waals surface area contributed by atoms with Gasteiger partial charge in [-0.1, -0.05) is 36.8 Å². The Hall–Kier alpha value is -3.07. The van der Waals surface area contributed by atoms with E-state index in [2.05, 4.69) is 5.32 Å². The van der Waals surface area contributed by atoms with E-state index < -0.39 is 16.1 Å². The van der Waals surface area contributed by atoms with Crippen LogP contribution in [0.5, 0.6) is 5.75 Å². The number of sulfonamides is 1. The predicted molar refractivity (Wildman–Crippen MR) is 144 cm³/mol. The molecule has 2 amide bonds. The first kappa shape index (κ1) is 29.2. The topological polar surface area (TPSA) is 96.0 Å². The first-order valence-electron chi connectivity index (χ1n) is 12.4. The summed E-state index contributed by atoms with van der Waals surface area (Å²) in [6.45, 7) is 9.05. The van der Waals surface area contributed by atoms with E-state index in [0.717, 1.165) is 17.4 Å². The van der Waals surface area contributed by atoms with E-state index in [4.69, 9.17) is 4.74 Å². The summed E-state index contributed by atoms with van der Waals surface area (Å²) in [6, 6.07) is 14.1. The fourth-order valence-corrected chi connectivity index (χ4v) is 5.06. The van der Waals surface area contributed by atoms with E-state index >= 15 is 0 Å². The van der Waals surface area contributed by atoms with Crippen LogP contribution in [0.15, 0.2) is 48.5 Å². The summed E-state index contributed by atoms with van der Waals surface area (Å²) in [6.07, 6.45) is 2.06. The quantitative estimate of drug-likeness (QED) is 0.410. The molecule has 2 aromatic rings. The summed E-state index contributed by atoms with van der Waals surface area (Å²) >= 11 is 0.